The molecule has 8 aromatic heterocycles. The second kappa shape index (κ2) is 31.5. The smallest absolute Gasteiger partial charge is 0.291 e. The first-order valence-electron chi connectivity index (χ1n) is 24.1. The van der Waals surface area contributed by atoms with E-state index in [1.165, 1.54) is 18.2 Å². The third kappa shape index (κ3) is 20.7. The number of pyridine rings is 3. The summed E-state index contributed by atoms with van der Waals surface area (Å²) in [6, 6.07) is 19.4. The first kappa shape index (κ1) is 61.2. The van der Waals surface area contributed by atoms with Gasteiger partial charge in [-0.3, -0.25) is 18.8 Å². The summed E-state index contributed by atoms with van der Waals surface area (Å²) in [5, 5.41) is 69.3. The molecule has 0 saturated carbocycles. The Morgan fingerprint density at radius 1 is 0.790 bits per heavy atom. The number of aliphatic hydroxyl groups excluding tert-OH is 1. The molecule has 8 aromatic rings. The monoisotopic (exact) mass is 1140 g/mol. The number of carbonyl (C=O) groups is 1. The van der Waals surface area contributed by atoms with Gasteiger partial charge in [-0.05, 0) is 55.0 Å². The van der Waals surface area contributed by atoms with E-state index in [0.29, 0.717) is 77.5 Å². The number of hydrogen-bond donors (Lipinski definition) is 6. The number of anilines is 5. The SMILES string of the molecule is CN(C)/C=C/C(=O)c1ccc(Cl)c(C#N)n1.Cn1cc(N=C(N)N)cn1.Cn1cc(Nc2nccc(-c3ccc(Cl)c(C#N)n3)n2)cn1.Cn1cc(Nc2nccc(-c3ccc(N4CC[C@H](O)C4)c(C#N)n3)n2)cn1.O=[N+]([O-])O.[2H]CC. The number of hydrogen-bond acceptors (Lipinski definition) is 22. The van der Waals surface area contributed by atoms with Crippen molar-refractivity contribution in [3.63, 3.8) is 0 Å². The van der Waals surface area contributed by atoms with Crippen molar-refractivity contribution >= 4 is 69.6 Å². The Hall–Kier alpha value is -10.7. The van der Waals surface area contributed by atoms with Crippen LogP contribution in [0.5, 0.6) is 0 Å². The van der Waals surface area contributed by atoms with Gasteiger partial charge in [0.25, 0.3) is 5.09 Å². The molecule has 0 spiro atoms. The molecule has 29 nitrogen and oxygen atoms in total. The highest BCUT2D eigenvalue weighted by atomic mass is 35.5. The van der Waals surface area contributed by atoms with E-state index in [-0.39, 0.29) is 40.0 Å². The average molecular weight is 1140 g/mol. The molecular formula is C50H54Cl2N24O5. The second-order valence-electron chi connectivity index (χ2n) is 16.2. The van der Waals surface area contributed by atoms with Gasteiger partial charge in [-0.2, -0.15) is 31.1 Å². The summed E-state index contributed by atoms with van der Waals surface area (Å²) >= 11 is 11.6. The maximum absolute atomic E-state index is 11.6. The molecule has 0 unspecified atom stereocenters. The summed E-state index contributed by atoms with van der Waals surface area (Å²) in [4.78, 5) is 57.2. The first-order valence-corrected chi connectivity index (χ1v) is 24.2. The molecule has 0 bridgehead atoms. The molecule has 0 amide bonds. The molecule has 418 valence electrons. The van der Waals surface area contributed by atoms with Crippen LogP contribution in [0.2, 0.25) is 10.0 Å². The minimum Gasteiger partial charge on any atom is -0.391 e. The summed E-state index contributed by atoms with van der Waals surface area (Å²) in [6.07, 6.45) is 16.9. The van der Waals surface area contributed by atoms with Gasteiger partial charge in [0.1, 0.15) is 29.6 Å². The number of aliphatic hydroxyl groups is 1. The largest absolute Gasteiger partial charge is 0.391 e. The van der Waals surface area contributed by atoms with E-state index in [1.54, 1.807) is 115 Å². The van der Waals surface area contributed by atoms with Gasteiger partial charge in [-0.25, -0.2) is 39.9 Å². The van der Waals surface area contributed by atoms with E-state index in [0.717, 1.165) is 17.1 Å². The number of nitriles is 3. The molecule has 0 aromatic carbocycles. The van der Waals surface area contributed by atoms with Crippen molar-refractivity contribution < 1.29 is 21.6 Å². The Bertz CT molecular complexity index is 3600. The number of carbonyl (C=O) groups excluding carboxylic acids is 1. The highest BCUT2D eigenvalue weighted by molar-refractivity contribution is 6.32. The van der Waals surface area contributed by atoms with Crippen molar-refractivity contribution in [1.29, 1.82) is 15.8 Å². The van der Waals surface area contributed by atoms with Gasteiger partial charge in [0.15, 0.2) is 23.0 Å². The maximum atomic E-state index is 11.6. The van der Waals surface area contributed by atoms with E-state index in [9.17, 15) is 15.2 Å². The number of aliphatic imine (C=N–C) groups is 1. The van der Waals surface area contributed by atoms with Gasteiger partial charge in [0.05, 0.1) is 80.8 Å². The number of nitrogens with two attached hydrogens (primary N) is 2. The predicted molar refractivity (Wildman–Crippen MR) is 301 cm³/mol. The van der Waals surface area contributed by atoms with Crippen LogP contribution in [0.1, 0.15) is 49.2 Å². The third-order valence-electron chi connectivity index (χ3n) is 9.87. The summed E-state index contributed by atoms with van der Waals surface area (Å²) in [5.41, 5.74) is 16.3. The van der Waals surface area contributed by atoms with E-state index in [1.807, 2.05) is 55.7 Å². The molecule has 0 radical (unpaired) electrons. The summed E-state index contributed by atoms with van der Waals surface area (Å²) in [5.74, 6) is 0.628. The van der Waals surface area contributed by atoms with E-state index >= 15 is 0 Å². The molecular weight excluding hydrogens is 1090 g/mol. The second-order valence-corrected chi connectivity index (χ2v) is 17.0. The van der Waals surface area contributed by atoms with Crippen molar-refractivity contribution in [2.45, 2.75) is 26.3 Å². The fourth-order valence-corrected chi connectivity index (χ4v) is 6.78. The van der Waals surface area contributed by atoms with Crippen LogP contribution < -0.4 is 27.0 Å². The van der Waals surface area contributed by atoms with E-state index < -0.39 is 5.09 Å². The molecule has 8 N–H and O–H groups in total. The van der Waals surface area contributed by atoms with Gasteiger partial charge in [0.2, 0.25) is 17.7 Å². The van der Waals surface area contributed by atoms with Gasteiger partial charge in [-0.1, -0.05) is 37.0 Å². The van der Waals surface area contributed by atoms with Crippen molar-refractivity contribution in [1.82, 2.24) is 69.1 Å². The number of nitrogens with one attached hydrogen (secondary N) is 2. The Morgan fingerprint density at radius 2 is 1.26 bits per heavy atom. The van der Waals surface area contributed by atoms with Crippen molar-refractivity contribution in [3.8, 4) is 41.0 Å². The molecule has 9 rings (SSSR count). The molecule has 1 atom stereocenters. The fourth-order valence-electron chi connectivity index (χ4n) is 6.48. The lowest BCUT2D eigenvalue weighted by molar-refractivity contribution is -0.742. The minimum atomic E-state index is -1.50. The van der Waals surface area contributed by atoms with Gasteiger partial charge in [0, 0.05) is 86.8 Å². The van der Waals surface area contributed by atoms with Crippen LogP contribution >= 0.6 is 23.2 Å². The van der Waals surface area contributed by atoms with E-state index in [4.69, 9.17) is 61.9 Å². The predicted octanol–water partition coefficient (Wildman–Crippen LogP) is 5.87. The number of β-amino-alcohol motifs (C(OH)–C–C–N with tert-alkyl or cyclic N) is 1. The zero-order chi connectivity index (χ0) is 60.3. The molecule has 0 aliphatic carbocycles. The van der Waals surface area contributed by atoms with Crippen molar-refractivity contribution in [2.24, 2.45) is 37.6 Å². The molecule has 1 fully saturated rings. The van der Waals surface area contributed by atoms with Gasteiger partial charge >= 0.3 is 0 Å². The van der Waals surface area contributed by atoms with Crippen molar-refractivity contribution in [2.75, 3.05) is 42.7 Å². The minimum absolute atomic E-state index is 0.0491. The summed E-state index contributed by atoms with van der Waals surface area (Å²) in [6.45, 7) is 3.52. The Kier molecular flexibility index (Phi) is 23.8. The summed E-state index contributed by atoms with van der Waals surface area (Å²) in [7, 11) is 9.06. The molecule has 31 heteroatoms. The number of nitrogens with zero attached hydrogens (tertiary/aromatic N) is 20. The third-order valence-corrected chi connectivity index (χ3v) is 10.5. The quantitative estimate of drug-likeness (QED) is 0.0220. The number of aromatic nitrogens is 13. The van der Waals surface area contributed by atoms with Crippen LogP contribution in [0.25, 0.3) is 22.8 Å². The Labute approximate surface area is 475 Å². The highest BCUT2D eigenvalue weighted by Gasteiger charge is 2.23. The highest BCUT2D eigenvalue weighted by Crippen LogP contribution is 2.27. The zero-order valence-corrected chi connectivity index (χ0v) is 45.8. The molecule has 81 heavy (non-hydrogen) atoms. The standard InChI is InChI=1S/C18H18N8O.C14H10ClN7.C11H10ClN3O.C5H9N5.C2H6.HNO3/c1-25-10-12(9-21-25)22-18-20-6-4-15(24-18)14-2-3-17(16(8-19)23-14)26-7-5-13(27)11-26;1-22-8-9(7-18-22)19-14-17-5-4-12(21-14)11-3-2-10(15)13(6-16)20-11;1-15(2)6-5-11(16)9-4-3-8(12)10(7-13)14-9;1-10-3-4(2-8-10)9-5(6)7;1-2;2-1(3)4/h2-4,6,9-10,13,27H,5,7,11H2,1H3,(H,20,22,24);2-5,7-8H,1H3,(H,17,19,21);3-6H,1-2H3;2-3H,1H3,(H4,6,7,9);1-2H3;(H,2,3,4)/b;;6-5+;;;/t13-;;;;;/m0...../s1/i;;;;1D;. The van der Waals surface area contributed by atoms with Crippen LogP contribution in [-0.4, -0.2) is 130 Å². The number of allylic oxidation sites excluding steroid dienone is 1. The average Bonchev–Trinajstić information content (AvgIpc) is 4.28. The number of ketones is 1. The van der Waals surface area contributed by atoms with E-state index in [2.05, 4.69) is 71.9 Å². The maximum Gasteiger partial charge on any atom is 0.291 e. The molecule has 1 aliphatic rings. The molecule has 1 aliphatic heterocycles. The zero-order valence-electron chi connectivity index (χ0n) is 45.3. The van der Waals surface area contributed by atoms with Crippen LogP contribution in [0.3, 0.4) is 0 Å². The number of halogens is 2. The normalized spacial score (nSPS) is 11.9. The number of rotatable bonds is 11. The van der Waals surface area contributed by atoms with Crippen LogP contribution in [0.15, 0.2) is 115 Å². The lowest BCUT2D eigenvalue weighted by Gasteiger charge is -2.19. The van der Waals surface area contributed by atoms with Crippen molar-refractivity contribution in [3.05, 3.63) is 153 Å². The Morgan fingerprint density at radius 3 is 1.70 bits per heavy atom. The topological polar surface area (TPSA) is 411 Å². The number of aryl methyl sites for hydroxylation is 3. The summed E-state index contributed by atoms with van der Waals surface area (Å²) < 4.78 is 11.2. The van der Waals surface area contributed by atoms with Crippen LogP contribution in [-0.2, 0) is 21.1 Å². The molecule has 9 heterocycles. The van der Waals surface area contributed by atoms with Crippen LogP contribution in [0.4, 0.5) is 34.6 Å². The van der Waals surface area contributed by atoms with Crippen LogP contribution in [0, 0.1) is 44.1 Å². The Balaban J connectivity index is 0.000000236. The van der Waals surface area contributed by atoms with Gasteiger partial charge in [-0.15, -0.1) is 10.1 Å². The lowest BCUT2D eigenvalue weighted by atomic mass is 10.2. The van der Waals surface area contributed by atoms with Gasteiger partial charge < -0.3 is 42.2 Å². The first-order chi connectivity index (χ1) is 39.1. The molecule has 1 saturated heterocycles. The lowest BCUT2D eigenvalue weighted by Crippen LogP contribution is -2.22. The fraction of sp³-hybridized carbons (Fsp3) is 0.220. The number of guanidine groups is 1.